The quantitative estimate of drug-likeness (QED) is 0.274. The molecule has 5 atom stereocenters. The second kappa shape index (κ2) is 7.21. The molecular weight excluding hydrogens is 388 g/mol. The lowest BCUT2D eigenvalue weighted by molar-refractivity contribution is -0.0541. The summed E-state index contributed by atoms with van der Waals surface area (Å²) in [5, 5.41) is 19.8. The normalized spacial score (nSPS) is 29.5. The average molecular weight is 403 g/mol. The summed E-state index contributed by atoms with van der Waals surface area (Å²) in [6.45, 7) is -0.875. The van der Waals surface area contributed by atoms with Crippen LogP contribution >= 0.6 is 15.6 Å². The molecule has 1 aliphatic heterocycles. The molecule has 0 radical (unpaired) electrons. The Bertz CT molecular complexity index is 778. The zero-order chi connectivity index (χ0) is 19.0. The minimum absolute atomic E-state index is 0.0787. The Kier molecular flexibility index (Phi) is 5.81. The second-order valence-electron chi connectivity index (χ2n) is 4.93. The van der Waals surface area contributed by atoms with Crippen molar-refractivity contribution in [2.75, 3.05) is 12.3 Å². The molecule has 1 fully saturated rings. The van der Waals surface area contributed by atoms with Crippen LogP contribution in [0.2, 0.25) is 0 Å². The van der Waals surface area contributed by atoms with Gasteiger partial charge in [0.15, 0.2) is 6.23 Å². The number of hydrogen-bond donors (Lipinski definition) is 6. The summed E-state index contributed by atoms with van der Waals surface area (Å²) in [5.74, 6) is -0.0787. The van der Waals surface area contributed by atoms with Crippen LogP contribution < -0.4 is 11.4 Å². The number of nitrogens with zero attached hydrogens (tertiary/aromatic N) is 2. The predicted octanol–water partition coefficient (Wildman–Crippen LogP) is -2.33. The second-order valence-corrected chi connectivity index (χ2v) is 7.75. The van der Waals surface area contributed by atoms with E-state index in [0.717, 1.165) is 10.8 Å². The van der Waals surface area contributed by atoms with Crippen LogP contribution in [0, 0.1) is 0 Å². The fourth-order valence-electron chi connectivity index (χ4n) is 2.04. The Morgan fingerprint density at radius 1 is 1.28 bits per heavy atom. The van der Waals surface area contributed by atoms with Crippen molar-refractivity contribution < 1.29 is 47.6 Å². The number of nitrogen functional groups attached to an aromatic ring is 1. The van der Waals surface area contributed by atoms with Crippen molar-refractivity contribution in [1.82, 2.24) is 9.55 Å². The third-order valence-electron chi connectivity index (χ3n) is 3.07. The molecule has 1 aliphatic rings. The molecule has 0 saturated carbocycles. The van der Waals surface area contributed by atoms with E-state index in [-0.39, 0.29) is 5.82 Å². The van der Waals surface area contributed by atoms with Crippen molar-refractivity contribution in [3.8, 4) is 0 Å². The molecule has 2 rings (SSSR count). The van der Waals surface area contributed by atoms with Crippen LogP contribution in [0.3, 0.4) is 0 Å². The lowest BCUT2D eigenvalue weighted by Crippen LogP contribution is -2.36. The molecule has 1 aromatic heterocycles. The summed E-state index contributed by atoms with van der Waals surface area (Å²) in [6.07, 6.45) is -4.93. The molecule has 16 heteroatoms. The van der Waals surface area contributed by atoms with E-state index in [1.807, 2.05) is 0 Å². The van der Waals surface area contributed by atoms with E-state index >= 15 is 0 Å². The summed E-state index contributed by atoms with van der Waals surface area (Å²) in [4.78, 5) is 41.3. The summed E-state index contributed by atoms with van der Waals surface area (Å²) in [5.41, 5.74) is 4.45. The van der Waals surface area contributed by atoms with Crippen LogP contribution in [0.5, 0.6) is 0 Å². The molecule has 0 aromatic carbocycles. The van der Waals surface area contributed by atoms with Gasteiger partial charge < -0.3 is 35.4 Å². The van der Waals surface area contributed by atoms with Gasteiger partial charge in [0.1, 0.15) is 24.1 Å². The largest absolute Gasteiger partial charge is 0.481 e. The number of aliphatic hydroxyl groups excluding tert-OH is 2. The Hall–Kier alpha value is -1.18. The maximum atomic E-state index is 11.7. The fraction of sp³-hybridized carbons (Fsp3) is 0.556. The third-order valence-corrected chi connectivity index (χ3v) is 5.23. The summed E-state index contributed by atoms with van der Waals surface area (Å²) < 4.78 is 35.8. The van der Waals surface area contributed by atoms with Crippen LogP contribution in [0.1, 0.15) is 6.23 Å². The lowest BCUT2D eigenvalue weighted by atomic mass is 10.1. The topological polar surface area (TPSA) is 224 Å². The first-order chi connectivity index (χ1) is 11.4. The zero-order valence-electron chi connectivity index (χ0n) is 12.2. The first-order valence-electron chi connectivity index (χ1n) is 6.50. The van der Waals surface area contributed by atoms with Gasteiger partial charge in [0, 0.05) is 6.20 Å². The van der Waals surface area contributed by atoms with E-state index in [1.54, 1.807) is 0 Å². The maximum absolute atomic E-state index is 11.7. The summed E-state index contributed by atoms with van der Waals surface area (Å²) in [7, 11) is -10.5. The van der Waals surface area contributed by atoms with Gasteiger partial charge in [0.2, 0.25) is 0 Å². The van der Waals surface area contributed by atoms with Gasteiger partial charge in [-0.1, -0.05) is 0 Å². The molecule has 142 valence electrons. The molecule has 2 unspecified atom stereocenters. The van der Waals surface area contributed by atoms with Crippen molar-refractivity contribution >= 4 is 21.5 Å². The van der Waals surface area contributed by atoms with Gasteiger partial charge >= 0.3 is 21.3 Å². The Morgan fingerprint density at radius 3 is 2.48 bits per heavy atom. The van der Waals surface area contributed by atoms with Crippen LogP contribution in [0.4, 0.5) is 5.82 Å². The number of hydrogen-bond acceptors (Lipinski definition) is 10. The molecule has 0 bridgehead atoms. The monoisotopic (exact) mass is 403 g/mol. The number of rotatable bonds is 6. The first-order valence-corrected chi connectivity index (χ1v) is 9.53. The molecule has 1 aromatic rings. The van der Waals surface area contributed by atoms with Crippen molar-refractivity contribution in [1.29, 1.82) is 0 Å². The Labute approximate surface area is 139 Å². The number of phosphoric acid groups is 2. The minimum atomic E-state index is -5.30. The molecule has 0 amide bonds. The van der Waals surface area contributed by atoms with E-state index in [2.05, 4.69) is 13.8 Å². The first kappa shape index (κ1) is 20.1. The lowest BCUT2D eigenvalue weighted by Gasteiger charge is -2.17. The summed E-state index contributed by atoms with van der Waals surface area (Å²) >= 11 is 0. The number of anilines is 1. The van der Waals surface area contributed by atoms with Gasteiger partial charge in [-0.3, -0.25) is 9.09 Å². The number of ether oxygens (including phenoxy) is 1. The van der Waals surface area contributed by atoms with Crippen LogP contribution in [0.15, 0.2) is 17.1 Å². The summed E-state index contributed by atoms with van der Waals surface area (Å²) in [6, 6.07) is 1.24. The highest BCUT2D eigenvalue weighted by Gasteiger charge is 2.45. The average Bonchev–Trinajstić information content (AvgIpc) is 2.71. The number of phosphoric ester groups is 1. The highest BCUT2D eigenvalue weighted by atomic mass is 31.3. The zero-order valence-corrected chi connectivity index (χ0v) is 14.0. The molecule has 0 aliphatic carbocycles. The maximum Gasteiger partial charge on any atom is 0.481 e. The van der Waals surface area contributed by atoms with Crippen LogP contribution in [-0.4, -0.2) is 59.4 Å². The molecule has 14 nitrogen and oxygen atoms in total. The van der Waals surface area contributed by atoms with E-state index in [0.29, 0.717) is 0 Å². The number of nitrogens with two attached hydrogens (primary N) is 1. The molecular formula is C9H15N3O11P2. The van der Waals surface area contributed by atoms with Crippen LogP contribution in [0.25, 0.3) is 0 Å². The van der Waals surface area contributed by atoms with Gasteiger partial charge in [-0.25, -0.2) is 13.9 Å². The third kappa shape index (κ3) is 5.15. The van der Waals surface area contributed by atoms with Gasteiger partial charge in [-0.2, -0.15) is 9.29 Å². The van der Waals surface area contributed by atoms with E-state index in [1.165, 1.54) is 6.07 Å². The molecule has 0 spiro atoms. The van der Waals surface area contributed by atoms with Gasteiger partial charge in [0.25, 0.3) is 0 Å². The van der Waals surface area contributed by atoms with Gasteiger partial charge in [-0.15, -0.1) is 0 Å². The van der Waals surface area contributed by atoms with Crippen LogP contribution in [-0.2, 0) is 22.7 Å². The van der Waals surface area contributed by atoms with Gasteiger partial charge in [0.05, 0.1) is 6.61 Å². The van der Waals surface area contributed by atoms with Crippen molar-refractivity contribution in [2.24, 2.45) is 0 Å². The smallest absolute Gasteiger partial charge is 0.387 e. The SMILES string of the molecule is Nc1ccn([C@@H]2O[C@H](COP(=O)(O)OP(=O)(O)O)C(O)[C@@H]2O)c(=O)n1. The highest BCUT2D eigenvalue weighted by molar-refractivity contribution is 7.60. The van der Waals surface area contributed by atoms with Gasteiger partial charge in [-0.05, 0) is 6.07 Å². The Morgan fingerprint density at radius 2 is 1.92 bits per heavy atom. The van der Waals surface area contributed by atoms with E-state index in [4.69, 9.17) is 25.2 Å². The molecule has 1 saturated heterocycles. The highest BCUT2D eigenvalue weighted by Crippen LogP contribution is 2.57. The predicted molar refractivity (Wildman–Crippen MR) is 77.7 cm³/mol. The Balaban J connectivity index is 2.08. The van der Waals surface area contributed by atoms with Crippen molar-refractivity contribution in [3.63, 3.8) is 0 Å². The molecule has 2 heterocycles. The van der Waals surface area contributed by atoms with Crippen molar-refractivity contribution in [3.05, 3.63) is 22.7 Å². The number of aliphatic hydroxyl groups is 2. The molecule has 7 N–H and O–H groups in total. The molecule has 25 heavy (non-hydrogen) atoms. The van der Waals surface area contributed by atoms with Crippen molar-refractivity contribution in [2.45, 2.75) is 24.5 Å². The standard InChI is InChI=1S/C9H15N3O11P2/c10-5-1-2-12(9(15)11-5)8-7(14)6(13)4(22-8)3-21-25(19,20)23-24(16,17)18/h1-2,4,6-8,13-14H,3H2,(H,19,20)(H2,10,11,15)(H2,16,17,18)/t4-,6?,7+,8-/m1/s1. The van der Waals surface area contributed by atoms with E-state index in [9.17, 15) is 24.1 Å². The minimum Gasteiger partial charge on any atom is -0.387 e. The van der Waals surface area contributed by atoms with E-state index < -0.39 is 52.5 Å². The fourth-order valence-corrected chi connectivity index (χ4v) is 3.64. The number of aromatic nitrogens is 2.